The van der Waals surface area contributed by atoms with E-state index in [9.17, 15) is 9.59 Å². The second kappa shape index (κ2) is 2.47. The normalized spacial score (nSPS) is 30.3. The number of urea groups is 1. The summed E-state index contributed by atoms with van der Waals surface area (Å²) < 4.78 is 0. The largest absolute Gasteiger partial charge is 0.327 e. The van der Waals surface area contributed by atoms with E-state index in [2.05, 4.69) is 0 Å². The molecule has 0 N–H and O–H groups in total. The summed E-state index contributed by atoms with van der Waals surface area (Å²) in [5.74, 6) is -0.113. The SMILES string of the molecule is CCC1(C)C(=O)N(C)C(=O)N1C. The Bertz CT molecular complexity index is 239. The molecule has 0 radical (unpaired) electrons. The van der Waals surface area contributed by atoms with E-state index in [0.717, 1.165) is 0 Å². The van der Waals surface area contributed by atoms with Crippen LogP contribution < -0.4 is 0 Å². The smallest absolute Gasteiger partial charge is 0.313 e. The molecule has 1 fully saturated rings. The standard InChI is InChI=1S/C8H14N2O2/c1-5-8(2)6(11)9(3)7(12)10(8)4/h5H2,1-4H3. The van der Waals surface area contributed by atoms with Gasteiger partial charge in [0, 0.05) is 14.1 Å². The molecule has 0 spiro atoms. The van der Waals surface area contributed by atoms with Gasteiger partial charge in [-0.2, -0.15) is 0 Å². The minimum absolute atomic E-state index is 0.113. The second-order valence-electron chi connectivity index (χ2n) is 3.33. The topological polar surface area (TPSA) is 40.6 Å². The number of imide groups is 1. The molecule has 1 atom stereocenters. The van der Waals surface area contributed by atoms with Crippen molar-refractivity contribution in [2.45, 2.75) is 25.8 Å². The quantitative estimate of drug-likeness (QED) is 0.543. The summed E-state index contributed by atoms with van der Waals surface area (Å²) >= 11 is 0. The van der Waals surface area contributed by atoms with Gasteiger partial charge in [0.25, 0.3) is 5.91 Å². The molecule has 0 bridgehead atoms. The summed E-state index contributed by atoms with van der Waals surface area (Å²) in [5, 5.41) is 0. The van der Waals surface area contributed by atoms with Gasteiger partial charge in [-0.25, -0.2) is 4.79 Å². The minimum Gasteiger partial charge on any atom is -0.313 e. The van der Waals surface area contributed by atoms with Crippen LogP contribution in [0.25, 0.3) is 0 Å². The lowest BCUT2D eigenvalue weighted by molar-refractivity contribution is -0.131. The van der Waals surface area contributed by atoms with E-state index >= 15 is 0 Å². The van der Waals surface area contributed by atoms with Crippen LogP contribution in [-0.2, 0) is 4.79 Å². The highest BCUT2D eigenvalue weighted by Gasteiger charge is 2.49. The van der Waals surface area contributed by atoms with Crippen LogP contribution in [0.4, 0.5) is 4.79 Å². The Kier molecular flexibility index (Phi) is 1.86. The molecule has 1 aliphatic heterocycles. The number of amides is 3. The number of rotatable bonds is 1. The summed E-state index contributed by atoms with van der Waals surface area (Å²) in [4.78, 5) is 25.5. The van der Waals surface area contributed by atoms with Crippen LogP contribution >= 0.6 is 0 Å². The van der Waals surface area contributed by atoms with Gasteiger partial charge in [-0.3, -0.25) is 9.69 Å². The van der Waals surface area contributed by atoms with Crippen molar-refractivity contribution in [3.8, 4) is 0 Å². The van der Waals surface area contributed by atoms with Crippen LogP contribution in [0.1, 0.15) is 20.3 Å². The summed E-state index contributed by atoms with van der Waals surface area (Å²) in [6.45, 7) is 3.69. The Labute approximate surface area is 72.1 Å². The fourth-order valence-electron chi connectivity index (χ4n) is 1.42. The molecule has 1 unspecified atom stereocenters. The predicted molar refractivity (Wildman–Crippen MR) is 44.6 cm³/mol. The third kappa shape index (κ3) is 0.838. The molecule has 1 heterocycles. The minimum atomic E-state index is -0.633. The van der Waals surface area contributed by atoms with Crippen molar-refractivity contribution in [1.29, 1.82) is 0 Å². The van der Waals surface area contributed by atoms with E-state index in [4.69, 9.17) is 0 Å². The number of hydrogen-bond acceptors (Lipinski definition) is 2. The Hall–Kier alpha value is -1.06. The van der Waals surface area contributed by atoms with Gasteiger partial charge in [0.1, 0.15) is 5.54 Å². The van der Waals surface area contributed by atoms with Crippen LogP contribution in [0.15, 0.2) is 0 Å². The van der Waals surface area contributed by atoms with E-state index in [-0.39, 0.29) is 11.9 Å². The molecule has 0 aromatic heterocycles. The molecule has 0 aliphatic carbocycles. The lowest BCUT2D eigenvalue weighted by Crippen LogP contribution is -2.44. The molecule has 0 aromatic carbocycles. The zero-order valence-corrected chi connectivity index (χ0v) is 7.92. The van der Waals surface area contributed by atoms with Crippen molar-refractivity contribution >= 4 is 11.9 Å². The molecule has 68 valence electrons. The maximum Gasteiger partial charge on any atom is 0.327 e. The van der Waals surface area contributed by atoms with Gasteiger partial charge in [-0.1, -0.05) is 6.92 Å². The zero-order valence-electron chi connectivity index (χ0n) is 7.92. The van der Waals surface area contributed by atoms with Crippen LogP contribution in [0.2, 0.25) is 0 Å². The molecular weight excluding hydrogens is 156 g/mol. The van der Waals surface area contributed by atoms with Crippen molar-refractivity contribution in [2.24, 2.45) is 0 Å². The van der Waals surface area contributed by atoms with Gasteiger partial charge in [0.2, 0.25) is 0 Å². The first-order valence-corrected chi connectivity index (χ1v) is 4.01. The summed E-state index contributed by atoms with van der Waals surface area (Å²) in [6.07, 6.45) is 0.651. The first-order valence-electron chi connectivity index (χ1n) is 4.01. The number of nitrogens with zero attached hydrogens (tertiary/aromatic N) is 2. The van der Waals surface area contributed by atoms with Crippen molar-refractivity contribution in [1.82, 2.24) is 9.80 Å². The lowest BCUT2D eigenvalue weighted by Gasteiger charge is -2.26. The highest BCUT2D eigenvalue weighted by molar-refractivity contribution is 6.06. The third-order valence-corrected chi connectivity index (χ3v) is 2.77. The molecule has 1 saturated heterocycles. The summed E-state index contributed by atoms with van der Waals surface area (Å²) in [7, 11) is 3.18. The van der Waals surface area contributed by atoms with Gasteiger partial charge in [0.15, 0.2) is 0 Å². The fourth-order valence-corrected chi connectivity index (χ4v) is 1.42. The highest BCUT2D eigenvalue weighted by atomic mass is 16.2. The lowest BCUT2D eigenvalue weighted by atomic mass is 9.98. The van der Waals surface area contributed by atoms with Crippen LogP contribution in [-0.4, -0.2) is 41.4 Å². The van der Waals surface area contributed by atoms with Gasteiger partial charge in [0.05, 0.1) is 0 Å². The highest BCUT2D eigenvalue weighted by Crippen LogP contribution is 2.27. The van der Waals surface area contributed by atoms with E-state index < -0.39 is 5.54 Å². The van der Waals surface area contributed by atoms with E-state index in [1.165, 1.54) is 16.8 Å². The first kappa shape index (κ1) is 9.03. The van der Waals surface area contributed by atoms with E-state index in [1.54, 1.807) is 14.0 Å². The average Bonchev–Trinajstić information content (AvgIpc) is 2.22. The predicted octanol–water partition coefficient (Wildman–Crippen LogP) is 0.679. The molecule has 4 heteroatoms. The van der Waals surface area contributed by atoms with Crippen LogP contribution in [0.5, 0.6) is 0 Å². The third-order valence-electron chi connectivity index (χ3n) is 2.77. The van der Waals surface area contributed by atoms with Crippen LogP contribution in [0.3, 0.4) is 0 Å². The van der Waals surface area contributed by atoms with Gasteiger partial charge in [-0.15, -0.1) is 0 Å². The Morgan fingerprint density at radius 3 is 2.00 bits per heavy atom. The maximum atomic E-state index is 11.5. The van der Waals surface area contributed by atoms with E-state index in [0.29, 0.717) is 6.42 Å². The monoisotopic (exact) mass is 170 g/mol. The molecule has 1 rings (SSSR count). The molecule has 0 saturated carbocycles. The molecule has 0 aromatic rings. The second-order valence-corrected chi connectivity index (χ2v) is 3.33. The average molecular weight is 170 g/mol. The van der Waals surface area contributed by atoms with Crippen molar-refractivity contribution < 1.29 is 9.59 Å². The van der Waals surface area contributed by atoms with Gasteiger partial charge in [-0.05, 0) is 13.3 Å². The van der Waals surface area contributed by atoms with Crippen molar-refractivity contribution in [3.63, 3.8) is 0 Å². The molecule has 12 heavy (non-hydrogen) atoms. The number of carbonyl (C=O) groups excluding carboxylic acids is 2. The summed E-state index contributed by atoms with van der Waals surface area (Å²) in [5.41, 5.74) is -0.633. The Morgan fingerprint density at radius 2 is 1.83 bits per heavy atom. The molecular formula is C8H14N2O2. The number of carbonyl (C=O) groups is 2. The van der Waals surface area contributed by atoms with Gasteiger partial charge < -0.3 is 4.90 Å². The number of likely N-dealkylation sites (N-methyl/N-ethyl adjacent to an activating group) is 2. The maximum absolute atomic E-state index is 11.5. The van der Waals surface area contributed by atoms with E-state index in [1.807, 2.05) is 6.92 Å². The zero-order chi connectivity index (χ0) is 9.52. The molecule has 4 nitrogen and oxygen atoms in total. The summed E-state index contributed by atoms with van der Waals surface area (Å²) in [6, 6.07) is -0.218. The molecule has 3 amide bonds. The molecule has 1 aliphatic rings. The number of hydrogen-bond donors (Lipinski definition) is 0. The Morgan fingerprint density at radius 1 is 1.33 bits per heavy atom. The van der Waals surface area contributed by atoms with Gasteiger partial charge >= 0.3 is 6.03 Å². The fraction of sp³-hybridized carbons (Fsp3) is 0.750. The van der Waals surface area contributed by atoms with Crippen molar-refractivity contribution in [2.75, 3.05) is 14.1 Å². The Balaban J connectivity index is 3.06. The van der Waals surface area contributed by atoms with Crippen molar-refractivity contribution in [3.05, 3.63) is 0 Å². The van der Waals surface area contributed by atoms with Crippen LogP contribution in [0, 0.1) is 0 Å². The first-order chi connectivity index (χ1) is 5.45.